The normalized spacial score (nSPS) is 11.2. The molecule has 0 atom stereocenters. The van der Waals surface area contributed by atoms with Gasteiger partial charge in [0.2, 0.25) is 0 Å². The molecule has 1 aromatic rings. The largest absolute Gasteiger partial charge is 0.379 e. The van der Waals surface area contributed by atoms with Crippen LogP contribution in [0.3, 0.4) is 0 Å². The molecule has 0 saturated heterocycles. The van der Waals surface area contributed by atoms with Crippen molar-refractivity contribution >= 4 is 12.4 Å². The highest BCUT2D eigenvalue weighted by Gasteiger charge is 1.98. The molecule has 0 aliphatic heterocycles. The molecule has 0 fully saturated rings. The molecule has 0 aromatic heterocycles. The lowest BCUT2D eigenvalue weighted by atomic mass is 10.2. The molecule has 0 N–H and O–H groups in total. The Balaban J connectivity index is 2.84. The molecule has 0 unspecified atom stereocenters. The molecule has 2 nitrogen and oxygen atoms in total. The van der Waals surface area contributed by atoms with Gasteiger partial charge in [0, 0.05) is 25.4 Å². The summed E-state index contributed by atoms with van der Waals surface area (Å²) in [6.45, 7) is 6.80. The van der Waals surface area contributed by atoms with Crippen LogP contribution in [0.1, 0.15) is 18.9 Å². The van der Waals surface area contributed by atoms with Crippen molar-refractivity contribution in [2.45, 2.75) is 13.3 Å². The molecule has 15 heavy (non-hydrogen) atoms. The molecular formula is C13H18N2. The third-order valence-corrected chi connectivity index (χ3v) is 2.16. The minimum absolute atomic E-state index is 0.923. The standard InChI is InChI=1S/C13H18N2/c1-4-10-15(3)11-13(14-2)12-8-6-5-7-9-12/h5-9,11H,2,4,10H2,1,3H3/b13-11-. The number of hydrogen-bond acceptors (Lipinski definition) is 2. The van der Waals surface area contributed by atoms with E-state index in [0.29, 0.717) is 0 Å². The lowest BCUT2D eigenvalue weighted by Gasteiger charge is -2.13. The van der Waals surface area contributed by atoms with E-state index in [0.717, 1.165) is 24.2 Å². The third-order valence-electron chi connectivity index (χ3n) is 2.16. The zero-order valence-electron chi connectivity index (χ0n) is 9.48. The first-order chi connectivity index (χ1) is 7.27. The quantitative estimate of drug-likeness (QED) is 0.670. The molecule has 0 radical (unpaired) electrons. The Kier molecular flexibility index (Phi) is 4.61. The molecule has 0 bridgehead atoms. The van der Waals surface area contributed by atoms with E-state index in [-0.39, 0.29) is 0 Å². The smallest absolute Gasteiger partial charge is 0.0853 e. The van der Waals surface area contributed by atoms with Gasteiger partial charge in [-0.15, -0.1) is 0 Å². The van der Waals surface area contributed by atoms with Crippen molar-refractivity contribution in [2.24, 2.45) is 4.99 Å². The zero-order valence-corrected chi connectivity index (χ0v) is 9.48. The van der Waals surface area contributed by atoms with Crippen LogP contribution in [0.5, 0.6) is 0 Å². The molecule has 2 heteroatoms. The Morgan fingerprint density at radius 1 is 1.40 bits per heavy atom. The second-order valence-corrected chi connectivity index (χ2v) is 3.52. The van der Waals surface area contributed by atoms with Gasteiger partial charge < -0.3 is 4.90 Å². The van der Waals surface area contributed by atoms with Crippen molar-refractivity contribution in [3.05, 3.63) is 42.1 Å². The van der Waals surface area contributed by atoms with Crippen LogP contribution in [0.2, 0.25) is 0 Å². The van der Waals surface area contributed by atoms with Crippen LogP contribution in [-0.2, 0) is 0 Å². The van der Waals surface area contributed by atoms with Gasteiger partial charge in [0.1, 0.15) is 0 Å². The molecule has 0 saturated carbocycles. The van der Waals surface area contributed by atoms with Crippen LogP contribution in [0.25, 0.3) is 5.70 Å². The van der Waals surface area contributed by atoms with Crippen molar-refractivity contribution in [3.8, 4) is 0 Å². The van der Waals surface area contributed by atoms with E-state index >= 15 is 0 Å². The van der Waals surface area contributed by atoms with Gasteiger partial charge in [-0.1, -0.05) is 37.3 Å². The van der Waals surface area contributed by atoms with Gasteiger partial charge in [-0.25, -0.2) is 0 Å². The maximum Gasteiger partial charge on any atom is 0.0853 e. The maximum absolute atomic E-state index is 4.05. The zero-order chi connectivity index (χ0) is 11.1. The monoisotopic (exact) mass is 202 g/mol. The summed E-state index contributed by atoms with van der Waals surface area (Å²) in [7, 11) is 2.05. The SMILES string of the molecule is C=N/C(=C\N(C)CCC)c1ccccc1. The Morgan fingerprint density at radius 2 is 2.07 bits per heavy atom. The summed E-state index contributed by atoms with van der Waals surface area (Å²) in [6, 6.07) is 10.1. The number of rotatable bonds is 5. The molecule has 0 amide bonds. The summed E-state index contributed by atoms with van der Waals surface area (Å²) in [5.74, 6) is 0. The number of aliphatic imine (C=N–C) groups is 1. The lowest BCUT2D eigenvalue weighted by Crippen LogP contribution is -2.11. The van der Waals surface area contributed by atoms with Gasteiger partial charge in [0.15, 0.2) is 0 Å². The number of benzene rings is 1. The fourth-order valence-corrected chi connectivity index (χ4v) is 1.44. The van der Waals surface area contributed by atoms with Crippen LogP contribution >= 0.6 is 0 Å². The first kappa shape index (κ1) is 11.5. The topological polar surface area (TPSA) is 15.6 Å². The van der Waals surface area contributed by atoms with Crippen LogP contribution in [0, 0.1) is 0 Å². The second kappa shape index (κ2) is 6.02. The van der Waals surface area contributed by atoms with Crippen molar-refractivity contribution in [2.75, 3.05) is 13.6 Å². The molecule has 0 aliphatic carbocycles. The summed E-state index contributed by atoms with van der Waals surface area (Å²) in [5, 5.41) is 0. The van der Waals surface area contributed by atoms with E-state index in [1.165, 1.54) is 0 Å². The summed E-state index contributed by atoms with van der Waals surface area (Å²) in [5.41, 5.74) is 2.03. The highest BCUT2D eigenvalue weighted by Crippen LogP contribution is 2.15. The van der Waals surface area contributed by atoms with E-state index in [9.17, 15) is 0 Å². The lowest BCUT2D eigenvalue weighted by molar-refractivity contribution is 0.455. The molecule has 0 spiro atoms. The fourth-order valence-electron chi connectivity index (χ4n) is 1.44. The minimum Gasteiger partial charge on any atom is -0.379 e. The van der Waals surface area contributed by atoms with Crippen LogP contribution in [-0.4, -0.2) is 25.2 Å². The van der Waals surface area contributed by atoms with E-state index in [1.54, 1.807) is 0 Å². The van der Waals surface area contributed by atoms with E-state index in [1.807, 2.05) is 36.5 Å². The number of hydrogen-bond donors (Lipinski definition) is 0. The van der Waals surface area contributed by atoms with Gasteiger partial charge in [-0.05, 0) is 13.1 Å². The Hall–Kier alpha value is -1.57. The first-order valence-corrected chi connectivity index (χ1v) is 5.22. The predicted molar refractivity (Wildman–Crippen MR) is 66.9 cm³/mol. The molecule has 80 valence electrons. The fraction of sp³-hybridized carbons (Fsp3) is 0.308. The summed E-state index contributed by atoms with van der Waals surface area (Å²) < 4.78 is 0. The summed E-state index contributed by atoms with van der Waals surface area (Å²) in [4.78, 5) is 6.19. The van der Waals surface area contributed by atoms with Crippen molar-refractivity contribution in [3.63, 3.8) is 0 Å². The summed E-state index contributed by atoms with van der Waals surface area (Å²) in [6.07, 6.45) is 3.16. The van der Waals surface area contributed by atoms with Gasteiger partial charge in [0.25, 0.3) is 0 Å². The summed E-state index contributed by atoms with van der Waals surface area (Å²) >= 11 is 0. The van der Waals surface area contributed by atoms with Crippen LogP contribution < -0.4 is 0 Å². The van der Waals surface area contributed by atoms with Crippen LogP contribution in [0.4, 0.5) is 0 Å². The third kappa shape index (κ3) is 3.58. The van der Waals surface area contributed by atoms with Gasteiger partial charge in [0.05, 0.1) is 5.70 Å². The van der Waals surface area contributed by atoms with E-state index in [4.69, 9.17) is 0 Å². The Bertz CT molecular complexity index is 328. The number of nitrogens with zero attached hydrogens (tertiary/aromatic N) is 2. The van der Waals surface area contributed by atoms with Crippen LogP contribution in [0.15, 0.2) is 41.5 Å². The average molecular weight is 202 g/mol. The Morgan fingerprint density at radius 3 is 2.60 bits per heavy atom. The molecule has 1 aromatic carbocycles. The second-order valence-electron chi connectivity index (χ2n) is 3.52. The molecular weight excluding hydrogens is 184 g/mol. The van der Waals surface area contributed by atoms with E-state index in [2.05, 4.69) is 30.6 Å². The molecule has 0 heterocycles. The molecule has 1 rings (SSSR count). The van der Waals surface area contributed by atoms with Gasteiger partial charge >= 0.3 is 0 Å². The average Bonchev–Trinajstić information content (AvgIpc) is 2.27. The highest BCUT2D eigenvalue weighted by atomic mass is 15.1. The van der Waals surface area contributed by atoms with Crippen molar-refractivity contribution in [1.82, 2.24) is 4.90 Å². The molecule has 0 aliphatic rings. The van der Waals surface area contributed by atoms with Gasteiger partial charge in [-0.2, -0.15) is 0 Å². The van der Waals surface area contributed by atoms with Crippen molar-refractivity contribution in [1.29, 1.82) is 0 Å². The highest BCUT2D eigenvalue weighted by molar-refractivity contribution is 5.67. The minimum atomic E-state index is 0.923. The van der Waals surface area contributed by atoms with Crippen molar-refractivity contribution < 1.29 is 0 Å². The Labute approximate surface area is 92.0 Å². The van der Waals surface area contributed by atoms with E-state index < -0.39 is 0 Å². The maximum atomic E-state index is 4.05. The first-order valence-electron chi connectivity index (χ1n) is 5.22. The van der Waals surface area contributed by atoms with Gasteiger partial charge in [-0.3, -0.25) is 4.99 Å². The predicted octanol–water partition coefficient (Wildman–Crippen LogP) is 3.03.